The van der Waals surface area contributed by atoms with Crippen LogP contribution < -0.4 is 5.73 Å². The number of hydrogen-bond donors (Lipinski definition) is 1. The number of hydrogen-bond acceptors (Lipinski definition) is 3. The van der Waals surface area contributed by atoms with Gasteiger partial charge in [-0.2, -0.15) is 0 Å². The molecule has 0 radical (unpaired) electrons. The van der Waals surface area contributed by atoms with Crippen LogP contribution in [-0.4, -0.2) is 49.4 Å². The van der Waals surface area contributed by atoms with Crippen LogP contribution in [0.4, 0.5) is 0 Å². The molecule has 0 amide bonds. The molecule has 0 aromatic rings. The molecule has 0 saturated carbocycles. The van der Waals surface area contributed by atoms with Crippen molar-refractivity contribution in [3.05, 3.63) is 0 Å². The summed E-state index contributed by atoms with van der Waals surface area (Å²) in [5, 5.41) is 0. The third-order valence-electron chi connectivity index (χ3n) is 3.55. The molecule has 5 nitrogen and oxygen atoms in total. The highest BCUT2D eigenvalue weighted by Gasteiger charge is 2.28. The zero-order valence-electron chi connectivity index (χ0n) is 12.5. The van der Waals surface area contributed by atoms with E-state index in [4.69, 9.17) is 5.73 Å². The van der Waals surface area contributed by atoms with Gasteiger partial charge in [0.2, 0.25) is 0 Å². The molecule has 6 heteroatoms. The van der Waals surface area contributed by atoms with Crippen molar-refractivity contribution in [3.8, 4) is 0 Å². The Morgan fingerprint density at radius 2 is 2.05 bits per heavy atom. The van der Waals surface area contributed by atoms with E-state index in [-0.39, 0.29) is 12.3 Å². The van der Waals surface area contributed by atoms with Crippen molar-refractivity contribution >= 4 is 15.8 Å². The van der Waals surface area contributed by atoms with Gasteiger partial charge in [0.25, 0.3) is 0 Å². The number of sulfone groups is 1. The zero-order chi connectivity index (χ0) is 14.7. The Bertz CT molecular complexity index is 424. The number of aliphatic imine (C=N–C) groups is 1. The summed E-state index contributed by atoms with van der Waals surface area (Å²) >= 11 is 0. The van der Waals surface area contributed by atoms with Crippen molar-refractivity contribution in [1.82, 2.24) is 4.90 Å². The van der Waals surface area contributed by atoms with Crippen LogP contribution in [0.5, 0.6) is 0 Å². The molecule has 1 heterocycles. The van der Waals surface area contributed by atoms with Crippen LogP contribution in [0.1, 0.15) is 40.5 Å². The maximum absolute atomic E-state index is 11.9. The first-order valence-electron chi connectivity index (χ1n) is 6.90. The minimum absolute atomic E-state index is 0.0561. The quantitative estimate of drug-likeness (QED) is 0.626. The van der Waals surface area contributed by atoms with E-state index >= 15 is 0 Å². The highest BCUT2D eigenvalue weighted by Crippen LogP contribution is 2.16. The van der Waals surface area contributed by atoms with E-state index in [1.165, 1.54) is 6.42 Å². The Labute approximate surface area is 117 Å². The molecule has 1 rings (SSSR count). The Hall–Kier alpha value is -0.780. The summed E-state index contributed by atoms with van der Waals surface area (Å²) in [5.74, 6) is 1.16. The second-order valence-corrected chi connectivity index (χ2v) is 9.23. The minimum Gasteiger partial charge on any atom is -0.370 e. The number of guanidine groups is 1. The molecule has 0 aromatic carbocycles. The van der Waals surface area contributed by atoms with Crippen molar-refractivity contribution in [1.29, 1.82) is 0 Å². The summed E-state index contributed by atoms with van der Waals surface area (Å²) < 4.78 is 23.2. The molecule has 1 aliphatic heterocycles. The van der Waals surface area contributed by atoms with E-state index in [0.29, 0.717) is 11.9 Å². The zero-order valence-corrected chi connectivity index (χ0v) is 13.3. The van der Waals surface area contributed by atoms with Crippen molar-refractivity contribution in [3.63, 3.8) is 0 Å². The highest BCUT2D eigenvalue weighted by atomic mass is 32.2. The van der Waals surface area contributed by atoms with Crippen LogP contribution in [0.2, 0.25) is 0 Å². The van der Waals surface area contributed by atoms with E-state index in [1.54, 1.807) is 20.8 Å². The summed E-state index contributed by atoms with van der Waals surface area (Å²) in [6.45, 7) is 9.41. The van der Waals surface area contributed by atoms with Crippen LogP contribution in [0.25, 0.3) is 0 Å². The topological polar surface area (TPSA) is 75.8 Å². The minimum atomic E-state index is -3.12. The van der Waals surface area contributed by atoms with Crippen molar-refractivity contribution in [2.24, 2.45) is 16.6 Å². The number of rotatable bonds is 3. The highest BCUT2D eigenvalue weighted by molar-refractivity contribution is 7.92. The van der Waals surface area contributed by atoms with E-state index in [1.807, 2.05) is 0 Å². The molecule has 0 aliphatic carbocycles. The second kappa shape index (κ2) is 6.11. The lowest BCUT2D eigenvalue weighted by Gasteiger charge is -2.31. The van der Waals surface area contributed by atoms with E-state index < -0.39 is 14.6 Å². The fourth-order valence-electron chi connectivity index (χ4n) is 2.08. The molecule has 112 valence electrons. The third-order valence-corrected chi connectivity index (χ3v) is 6.13. The van der Waals surface area contributed by atoms with Crippen LogP contribution in [-0.2, 0) is 9.84 Å². The summed E-state index contributed by atoms with van der Waals surface area (Å²) in [5.41, 5.74) is 5.93. The first kappa shape index (κ1) is 16.3. The smallest absolute Gasteiger partial charge is 0.191 e. The van der Waals surface area contributed by atoms with Gasteiger partial charge in [-0.1, -0.05) is 6.92 Å². The number of likely N-dealkylation sites (tertiary alicyclic amines) is 1. The Balaban J connectivity index is 2.53. The van der Waals surface area contributed by atoms with E-state index in [9.17, 15) is 8.42 Å². The van der Waals surface area contributed by atoms with Gasteiger partial charge < -0.3 is 10.6 Å². The van der Waals surface area contributed by atoms with Crippen LogP contribution in [0.15, 0.2) is 4.99 Å². The van der Waals surface area contributed by atoms with Gasteiger partial charge >= 0.3 is 0 Å². The van der Waals surface area contributed by atoms with E-state index in [0.717, 1.165) is 19.5 Å². The monoisotopic (exact) mass is 289 g/mol. The van der Waals surface area contributed by atoms with Crippen molar-refractivity contribution in [2.75, 3.05) is 25.4 Å². The van der Waals surface area contributed by atoms with E-state index in [2.05, 4.69) is 16.8 Å². The van der Waals surface area contributed by atoms with Gasteiger partial charge in [-0.25, -0.2) is 8.42 Å². The largest absolute Gasteiger partial charge is 0.370 e. The molecular weight excluding hydrogens is 262 g/mol. The summed E-state index contributed by atoms with van der Waals surface area (Å²) in [7, 11) is -3.12. The molecule has 0 spiro atoms. The fourth-order valence-corrected chi connectivity index (χ4v) is 3.03. The molecule has 1 fully saturated rings. The standard InChI is InChI=1S/C13H27N3O2S/c1-11-6-5-8-16(10-11)12(14)15-7-9-19(17,18)13(2,3)4/h11H,5-10H2,1-4H3,(H2,14,15). The van der Waals surface area contributed by atoms with Crippen LogP contribution in [0, 0.1) is 5.92 Å². The van der Waals surface area contributed by atoms with Gasteiger partial charge in [-0.3, -0.25) is 4.99 Å². The lowest BCUT2D eigenvalue weighted by molar-refractivity contribution is 0.270. The maximum Gasteiger partial charge on any atom is 0.191 e. The molecule has 1 aliphatic rings. The Morgan fingerprint density at radius 3 is 2.58 bits per heavy atom. The first-order valence-corrected chi connectivity index (χ1v) is 8.56. The number of nitrogens with zero attached hydrogens (tertiary/aromatic N) is 2. The first-order chi connectivity index (χ1) is 8.63. The van der Waals surface area contributed by atoms with Gasteiger partial charge in [0.05, 0.1) is 17.0 Å². The molecule has 0 aromatic heterocycles. The second-order valence-electron chi connectivity index (χ2n) is 6.36. The van der Waals surface area contributed by atoms with Crippen LogP contribution in [0.3, 0.4) is 0 Å². The summed E-state index contributed by atoms with van der Waals surface area (Å²) in [6, 6.07) is 0. The molecule has 1 saturated heterocycles. The molecular formula is C13H27N3O2S. The summed E-state index contributed by atoms with van der Waals surface area (Å²) in [6.07, 6.45) is 2.35. The predicted molar refractivity (Wildman–Crippen MR) is 80.0 cm³/mol. The van der Waals surface area contributed by atoms with Crippen molar-refractivity contribution < 1.29 is 8.42 Å². The molecule has 1 unspecified atom stereocenters. The predicted octanol–water partition coefficient (Wildman–Crippen LogP) is 1.25. The normalized spacial score (nSPS) is 22.6. The molecule has 19 heavy (non-hydrogen) atoms. The lowest BCUT2D eigenvalue weighted by Crippen LogP contribution is -2.43. The van der Waals surface area contributed by atoms with Gasteiger partial charge in [0.15, 0.2) is 15.8 Å². The third kappa shape index (κ3) is 4.67. The fraction of sp³-hybridized carbons (Fsp3) is 0.923. The number of nitrogens with two attached hydrogens (primary N) is 1. The SMILES string of the molecule is CC1CCCN(C(N)=NCCS(=O)(=O)C(C)(C)C)C1. The summed E-state index contributed by atoms with van der Waals surface area (Å²) in [4.78, 5) is 6.28. The molecule has 2 N–H and O–H groups in total. The van der Waals surface area contributed by atoms with Gasteiger partial charge in [0, 0.05) is 13.1 Å². The number of piperidine rings is 1. The average molecular weight is 289 g/mol. The average Bonchev–Trinajstić information content (AvgIpc) is 2.27. The molecule has 1 atom stereocenters. The maximum atomic E-state index is 11.9. The molecule has 0 bridgehead atoms. The van der Waals surface area contributed by atoms with Gasteiger partial charge in [-0.15, -0.1) is 0 Å². The van der Waals surface area contributed by atoms with Crippen LogP contribution >= 0.6 is 0 Å². The lowest BCUT2D eigenvalue weighted by atomic mass is 10.0. The van der Waals surface area contributed by atoms with Gasteiger partial charge in [-0.05, 0) is 39.5 Å². The van der Waals surface area contributed by atoms with Gasteiger partial charge in [0.1, 0.15) is 0 Å². The Kier molecular flexibility index (Phi) is 5.24. The van der Waals surface area contributed by atoms with Crippen molar-refractivity contribution in [2.45, 2.75) is 45.3 Å². The Morgan fingerprint density at radius 1 is 1.42 bits per heavy atom.